The fourth-order valence-corrected chi connectivity index (χ4v) is 5.69. The third-order valence-corrected chi connectivity index (χ3v) is 7.55. The van der Waals surface area contributed by atoms with Gasteiger partial charge in [0.2, 0.25) is 5.88 Å². The molecule has 0 saturated carbocycles. The smallest absolute Gasteiger partial charge is 0.214 e. The predicted molar refractivity (Wildman–Crippen MR) is 138 cm³/mol. The molecule has 2 fully saturated rings. The number of fused-ring (bicyclic) bond motifs is 2. The van der Waals surface area contributed by atoms with Gasteiger partial charge in [0.05, 0.1) is 23.8 Å². The van der Waals surface area contributed by atoms with E-state index in [4.69, 9.17) is 19.2 Å². The zero-order valence-electron chi connectivity index (χ0n) is 21.2. The second-order valence-electron chi connectivity index (χ2n) is 10.1. The van der Waals surface area contributed by atoms with Gasteiger partial charge < -0.3 is 19.2 Å². The second kappa shape index (κ2) is 9.71. The van der Waals surface area contributed by atoms with Gasteiger partial charge >= 0.3 is 0 Å². The number of hydrogen-bond donors (Lipinski definition) is 1. The predicted octanol–water partition coefficient (Wildman–Crippen LogP) is 4.43. The Labute approximate surface area is 210 Å². The Bertz CT molecular complexity index is 1350. The minimum absolute atomic E-state index is 0.200. The quantitative estimate of drug-likeness (QED) is 0.428. The third-order valence-electron chi connectivity index (χ3n) is 7.55. The Morgan fingerprint density at radius 3 is 2.67 bits per heavy atom. The number of hydrogen-bond acceptors (Lipinski definition) is 7. The van der Waals surface area contributed by atoms with Crippen molar-refractivity contribution in [1.29, 1.82) is 0 Å². The molecule has 9 nitrogen and oxygen atoms in total. The first-order chi connectivity index (χ1) is 17.6. The Morgan fingerprint density at radius 2 is 1.92 bits per heavy atom. The van der Waals surface area contributed by atoms with Crippen molar-refractivity contribution in [3.8, 4) is 22.9 Å². The summed E-state index contributed by atoms with van der Waals surface area (Å²) in [6, 6.07) is 6.73. The van der Waals surface area contributed by atoms with Crippen LogP contribution in [0.5, 0.6) is 11.6 Å². The van der Waals surface area contributed by atoms with Gasteiger partial charge in [0.25, 0.3) is 0 Å². The molecule has 4 aromatic rings. The van der Waals surface area contributed by atoms with E-state index in [-0.39, 0.29) is 12.0 Å². The molecule has 0 amide bonds. The van der Waals surface area contributed by atoms with E-state index >= 15 is 0 Å². The minimum atomic E-state index is 0.200. The Morgan fingerprint density at radius 1 is 1.11 bits per heavy atom. The lowest BCUT2D eigenvalue weighted by molar-refractivity contribution is 0.00952. The van der Waals surface area contributed by atoms with Crippen molar-refractivity contribution in [3.05, 3.63) is 36.3 Å². The van der Waals surface area contributed by atoms with Crippen LogP contribution in [0, 0.1) is 0 Å². The molecule has 36 heavy (non-hydrogen) atoms. The van der Waals surface area contributed by atoms with Crippen LogP contribution >= 0.6 is 0 Å². The molecule has 6 rings (SSSR count). The van der Waals surface area contributed by atoms with Crippen LogP contribution in [0.3, 0.4) is 0 Å². The standard InChI is InChI=1S/C27H34N6O3/c1-17(2)24-25(18-14-22(34-3)27-28-16-29-33(27)15-18)30-21-4-5-23(31-26(21)24)36-20-6-10-32(11-7-20)19-8-12-35-13-9-19/h4-5,14-17,19-20,30H,6-13H2,1-3H3. The number of methoxy groups -OCH3 is 1. The SMILES string of the molecule is COc1cc(-c2[nH]c3ccc(OC4CCN(C5CCOCC5)CC4)nc3c2C(C)C)cn2ncnc12. The number of nitrogens with one attached hydrogen (secondary N) is 1. The first-order valence-electron chi connectivity index (χ1n) is 13.0. The van der Waals surface area contributed by atoms with E-state index in [9.17, 15) is 0 Å². The topological polar surface area (TPSA) is 89.8 Å². The molecular formula is C27H34N6O3. The maximum absolute atomic E-state index is 6.41. The van der Waals surface area contributed by atoms with Crippen LogP contribution in [0.4, 0.5) is 0 Å². The molecule has 1 N–H and O–H groups in total. The summed E-state index contributed by atoms with van der Waals surface area (Å²) in [5.41, 5.74) is 5.80. The number of piperidine rings is 1. The zero-order valence-corrected chi connectivity index (χ0v) is 21.2. The highest BCUT2D eigenvalue weighted by Gasteiger charge is 2.28. The van der Waals surface area contributed by atoms with E-state index in [0.717, 1.165) is 79.8 Å². The zero-order chi connectivity index (χ0) is 24.6. The van der Waals surface area contributed by atoms with Crippen molar-refractivity contribution < 1.29 is 14.2 Å². The van der Waals surface area contributed by atoms with Crippen LogP contribution in [-0.2, 0) is 4.74 Å². The molecule has 0 spiro atoms. The fourth-order valence-electron chi connectivity index (χ4n) is 5.69. The molecule has 190 valence electrons. The number of aromatic amines is 1. The summed E-state index contributed by atoms with van der Waals surface area (Å²) >= 11 is 0. The molecule has 0 aromatic carbocycles. The average Bonchev–Trinajstić information content (AvgIpc) is 3.53. The van der Waals surface area contributed by atoms with Gasteiger partial charge in [0.15, 0.2) is 11.4 Å². The van der Waals surface area contributed by atoms with E-state index in [1.54, 1.807) is 11.6 Å². The lowest BCUT2D eigenvalue weighted by Crippen LogP contribution is -2.46. The first kappa shape index (κ1) is 23.2. The summed E-state index contributed by atoms with van der Waals surface area (Å²) in [5, 5.41) is 4.32. The largest absolute Gasteiger partial charge is 0.493 e. The number of nitrogens with zero attached hydrogens (tertiary/aromatic N) is 5. The van der Waals surface area contributed by atoms with Gasteiger partial charge in [-0.25, -0.2) is 14.5 Å². The molecule has 0 bridgehead atoms. The van der Waals surface area contributed by atoms with Gasteiger partial charge in [-0.05, 0) is 43.7 Å². The van der Waals surface area contributed by atoms with Crippen LogP contribution in [-0.4, -0.2) is 75.0 Å². The molecule has 2 saturated heterocycles. The molecule has 6 heterocycles. The van der Waals surface area contributed by atoms with Crippen molar-refractivity contribution >= 4 is 16.7 Å². The highest BCUT2D eigenvalue weighted by atomic mass is 16.5. The Balaban J connectivity index is 1.26. The van der Waals surface area contributed by atoms with Crippen molar-refractivity contribution in [1.82, 2.24) is 29.5 Å². The van der Waals surface area contributed by atoms with Gasteiger partial charge in [-0.15, -0.1) is 0 Å². The molecule has 2 aliphatic heterocycles. The summed E-state index contributed by atoms with van der Waals surface area (Å²) in [4.78, 5) is 15.5. The number of aromatic nitrogens is 5. The fraction of sp³-hybridized carbons (Fsp3) is 0.519. The molecular weight excluding hydrogens is 456 g/mol. The number of rotatable bonds is 6. The van der Waals surface area contributed by atoms with Crippen LogP contribution in [0.2, 0.25) is 0 Å². The highest BCUT2D eigenvalue weighted by molar-refractivity contribution is 5.89. The van der Waals surface area contributed by atoms with Gasteiger partial charge in [0.1, 0.15) is 12.4 Å². The summed E-state index contributed by atoms with van der Waals surface area (Å²) in [6.07, 6.45) is 8.07. The Kier molecular flexibility index (Phi) is 6.27. The van der Waals surface area contributed by atoms with E-state index in [2.05, 4.69) is 39.9 Å². The summed E-state index contributed by atoms with van der Waals surface area (Å²) in [6.45, 7) is 8.32. The Hall–Kier alpha value is -3.17. The summed E-state index contributed by atoms with van der Waals surface area (Å²) < 4.78 is 19.3. The summed E-state index contributed by atoms with van der Waals surface area (Å²) in [7, 11) is 1.65. The lowest BCUT2D eigenvalue weighted by atomic mass is 9.99. The average molecular weight is 491 g/mol. The van der Waals surface area contributed by atoms with Gasteiger partial charge in [-0.3, -0.25) is 4.90 Å². The normalized spacial score (nSPS) is 18.4. The number of likely N-dealkylation sites (tertiary alicyclic amines) is 1. The van der Waals surface area contributed by atoms with Crippen molar-refractivity contribution in [3.63, 3.8) is 0 Å². The van der Waals surface area contributed by atoms with Crippen LogP contribution in [0.25, 0.3) is 27.9 Å². The van der Waals surface area contributed by atoms with Crippen molar-refractivity contribution in [2.45, 2.75) is 57.6 Å². The highest BCUT2D eigenvalue weighted by Crippen LogP contribution is 2.37. The number of H-pyrrole nitrogens is 1. The van der Waals surface area contributed by atoms with E-state index in [1.807, 2.05) is 18.3 Å². The molecule has 4 aromatic heterocycles. The number of ether oxygens (including phenoxy) is 3. The van der Waals surface area contributed by atoms with Crippen LogP contribution < -0.4 is 9.47 Å². The molecule has 0 aliphatic carbocycles. The molecule has 2 aliphatic rings. The van der Waals surface area contributed by atoms with Gasteiger partial charge in [0, 0.05) is 55.7 Å². The minimum Gasteiger partial charge on any atom is -0.493 e. The number of pyridine rings is 2. The van der Waals surface area contributed by atoms with Crippen molar-refractivity contribution in [2.75, 3.05) is 33.4 Å². The van der Waals surface area contributed by atoms with E-state index in [1.165, 1.54) is 6.33 Å². The first-order valence-corrected chi connectivity index (χ1v) is 13.0. The van der Waals surface area contributed by atoms with Gasteiger partial charge in [-0.2, -0.15) is 5.10 Å². The van der Waals surface area contributed by atoms with E-state index < -0.39 is 0 Å². The van der Waals surface area contributed by atoms with Gasteiger partial charge in [-0.1, -0.05) is 13.8 Å². The van der Waals surface area contributed by atoms with Crippen LogP contribution in [0.1, 0.15) is 51.0 Å². The molecule has 0 atom stereocenters. The monoisotopic (exact) mass is 490 g/mol. The third kappa shape index (κ3) is 4.30. The molecule has 0 radical (unpaired) electrons. The van der Waals surface area contributed by atoms with Crippen LogP contribution in [0.15, 0.2) is 30.7 Å². The van der Waals surface area contributed by atoms with Crippen molar-refractivity contribution in [2.24, 2.45) is 0 Å². The summed E-state index contributed by atoms with van der Waals surface area (Å²) in [5.74, 6) is 1.64. The molecule has 9 heteroatoms. The van der Waals surface area contributed by atoms with E-state index in [0.29, 0.717) is 23.3 Å². The molecule has 0 unspecified atom stereocenters. The second-order valence-corrected chi connectivity index (χ2v) is 10.1. The lowest BCUT2D eigenvalue weighted by Gasteiger charge is -2.39. The maximum atomic E-state index is 6.41. The maximum Gasteiger partial charge on any atom is 0.214 e.